The highest BCUT2D eigenvalue weighted by atomic mass is 32.2. The molecule has 0 unspecified atom stereocenters. The highest BCUT2D eigenvalue weighted by Crippen LogP contribution is 2.37. The van der Waals surface area contributed by atoms with Crippen LogP contribution in [0.2, 0.25) is 0 Å². The minimum Gasteiger partial charge on any atom is -0.306 e. The van der Waals surface area contributed by atoms with Crippen LogP contribution >= 0.6 is 34.9 Å². The monoisotopic (exact) mass is 285 g/mol. The van der Waals surface area contributed by atoms with Crippen LogP contribution in [0, 0.1) is 6.92 Å². The molecule has 0 N–H and O–H groups in total. The first-order valence-corrected chi connectivity index (χ1v) is 8.13. The fourth-order valence-electron chi connectivity index (χ4n) is 1.70. The maximum Gasteiger partial charge on any atom is 0.230 e. The number of aromatic nitrogens is 2. The predicted octanol–water partition coefficient (Wildman–Crippen LogP) is 2.13. The van der Waals surface area contributed by atoms with E-state index in [0.29, 0.717) is 11.8 Å². The van der Waals surface area contributed by atoms with Gasteiger partial charge in [-0.15, -0.1) is 22.0 Å². The second kappa shape index (κ2) is 4.62. The van der Waals surface area contributed by atoms with Crippen molar-refractivity contribution in [2.45, 2.75) is 23.1 Å². The molecule has 1 saturated heterocycles. The third-order valence-electron chi connectivity index (χ3n) is 2.62. The number of β-lactam (4-membered cyclic amide) rings is 1. The average molecular weight is 285 g/mol. The van der Waals surface area contributed by atoms with E-state index in [9.17, 15) is 4.79 Å². The standard InChI is InChI=1S/C10H11N3OS3/c1-6-11-12-10(17-6)16-5-7-3-13-8(14)2-9(13)15-4-7/h3,9H,2,4-5H2,1H3/t9-/m1/s1. The summed E-state index contributed by atoms with van der Waals surface area (Å²) >= 11 is 5.18. The third kappa shape index (κ3) is 2.36. The van der Waals surface area contributed by atoms with Crippen molar-refractivity contribution in [3.05, 3.63) is 16.8 Å². The first-order chi connectivity index (χ1) is 8.22. The molecule has 17 heavy (non-hydrogen) atoms. The van der Waals surface area contributed by atoms with Crippen molar-refractivity contribution in [3.8, 4) is 0 Å². The molecule has 1 fully saturated rings. The average Bonchev–Trinajstić information content (AvgIpc) is 2.72. The number of hydrogen-bond donors (Lipinski definition) is 0. The van der Waals surface area contributed by atoms with Crippen LogP contribution in [0.1, 0.15) is 11.4 Å². The summed E-state index contributed by atoms with van der Waals surface area (Å²) < 4.78 is 1.01. The van der Waals surface area contributed by atoms with E-state index in [1.165, 1.54) is 5.57 Å². The number of amides is 1. The van der Waals surface area contributed by atoms with E-state index < -0.39 is 0 Å². The molecular weight excluding hydrogens is 274 g/mol. The van der Waals surface area contributed by atoms with Crippen molar-refractivity contribution >= 4 is 40.8 Å². The van der Waals surface area contributed by atoms with E-state index in [2.05, 4.69) is 10.2 Å². The molecule has 7 heteroatoms. The fourth-order valence-corrected chi connectivity index (χ4v) is 4.79. The normalized spacial score (nSPS) is 23.1. The quantitative estimate of drug-likeness (QED) is 0.629. The number of hydrogen-bond acceptors (Lipinski definition) is 6. The molecule has 4 nitrogen and oxygen atoms in total. The summed E-state index contributed by atoms with van der Waals surface area (Å²) in [6.45, 7) is 1.96. The van der Waals surface area contributed by atoms with Gasteiger partial charge in [-0.3, -0.25) is 4.79 Å². The third-order valence-corrected chi connectivity index (χ3v) is 6.02. The lowest BCUT2D eigenvalue weighted by Gasteiger charge is -2.41. The largest absolute Gasteiger partial charge is 0.306 e. The number of aryl methyl sites for hydroxylation is 1. The maximum absolute atomic E-state index is 11.3. The molecule has 1 amide bonds. The minimum atomic E-state index is 0.247. The van der Waals surface area contributed by atoms with Crippen molar-refractivity contribution in [1.29, 1.82) is 0 Å². The van der Waals surface area contributed by atoms with E-state index in [0.717, 1.165) is 20.9 Å². The molecule has 2 aliphatic rings. The summed E-state index contributed by atoms with van der Waals surface area (Å²) in [5.41, 5.74) is 1.30. The molecule has 3 heterocycles. The van der Waals surface area contributed by atoms with Crippen LogP contribution in [0.4, 0.5) is 0 Å². The maximum atomic E-state index is 11.3. The van der Waals surface area contributed by atoms with Gasteiger partial charge in [0, 0.05) is 17.7 Å². The van der Waals surface area contributed by atoms with Crippen molar-refractivity contribution in [2.24, 2.45) is 0 Å². The number of carbonyl (C=O) groups excluding carboxylic acids is 1. The van der Waals surface area contributed by atoms with E-state index in [1.54, 1.807) is 23.1 Å². The lowest BCUT2D eigenvalue weighted by molar-refractivity contribution is -0.137. The van der Waals surface area contributed by atoms with Gasteiger partial charge in [0.2, 0.25) is 5.91 Å². The van der Waals surface area contributed by atoms with Crippen molar-refractivity contribution in [3.63, 3.8) is 0 Å². The van der Waals surface area contributed by atoms with Crippen LogP contribution in [0.15, 0.2) is 16.1 Å². The van der Waals surface area contributed by atoms with E-state index in [1.807, 2.05) is 29.8 Å². The van der Waals surface area contributed by atoms with Crippen LogP contribution < -0.4 is 0 Å². The molecule has 0 saturated carbocycles. The lowest BCUT2D eigenvalue weighted by atomic mass is 10.2. The van der Waals surface area contributed by atoms with E-state index in [-0.39, 0.29) is 5.91 Å². The Kier molecular flexibility index (Phi) is 3.14. The molecule has 0 spiro atoms. The molecule has 0 radical (unpaired) electrons. The summed E-state index contributed by atoms with van der Waals surface area (Å²) in [5.74, 6) is 2.17. The Labute approximate surface area is 112 Å². The van der Waals surface area contributed by atoms with Gasteiger partial charge in [0.05, 0.1) is 11.8 Å². The van der Waals surface area contributed by atoms with Gasteiger partial charge in [-0.05, 0) is 12.5 Å². The van der Waals surface area contributed by atoms with Gasteiger partial charge in [-0.2, -0.15) is 0 Å². The van der Waals surface area contributed by atoms with Crippen molar-refractivity contribution in [2.75, 3.05) is 11.5 Å². The molecule has 1 aromatic heterocycles. The van der Waals surface area contributed by atoms with Gasteiger partial charge in [-0.25, -0.2) is 0 Å². The highest BCUT2D eigenvalue weighted by Gasteiger charge is 2.37. The Morgan fingerprint density at radius 1 is 1.59 bits per heavy atom. The highest BCUT2D eigenvalue weighted by molar-refractivity contribution is 8.01. The molecule has 0 aromatic carbocycles. The Hall–Kier alpha value is -0.530. The molecule has 3 rings (SSSR count). The zero-order valence-electron chi connectivity index (χ0n) is 9.25. The number of fused-ring (bicyclic) bond motifs is 1. The molecule has 2 aliphatic heterocycles. The minimum absolute atomic E-state index is 0.247. The van der Waals surface area contributed by atoms with Gasteiger partial charge >= 0.3 is 0 Å². The van der Waals surface area contributed by atoms with Crippen LogP contribution in [-0.2, 0) is 4.79 Å². The SMILES string of the molecule is Cc1nnc(SCC2=CN3C(=O)C[C@H]3SC2)s1. The van der Waals surface area contributed by atoms with Crippen LogP contribution in [0.5, 0.6) is 0 Å². The smallest absolute Gasteiger partial charge is 0.230 e. The fraction of sp³-hybridized carbons (Fsp3) is 0.500. The molecule has 90 valence electrons. The molecular formula is C10H11N3OS3. The number of carbonyl (C=O) groups is 1. The zero-order chi connectivity index (χ0) is 11.8. The first kappa shape index (κ1) is 11.6. The summed E-state index contributed by atoms with van der Waals surface area (Å²) in [6.07, 6.45) is 2.73. The predicted molar refractivity (Wildman–Crippen MR) is 71.2 cm³/mol. The number of nitrogens with zero attached hydrogens (tertiary/aromatic N) is 3. The van der Waals surface area contributed by atoms with Gasteiger partial charge in [0.15, 0.2) is 4.34 Å². The first-order valence-electron chi connectivity index (χ1n) is 5.27. The summed E-state index contributed by atoms with van der Waals surface area (Å²) in [6, 6.07) is 0. The van der Waals surface area contributed by atoms with E-state index >= 15 is 0 Å². The number of thioether (sulfide) groups is 2. The second-order valence-corrected chi connectivity index (χ2v) is 7.50. The molecule has 0 bridgehead atoms. The number of rotatable bonds is 3. The Bertz CT molecular complexity index is 485. The summed E-state index contributed by atoms with van der Waals surface area (Å²) in [5, 5.41) is 9.47. The Morgan fingerprint density at radius 3 is 3.18 bits per heavy atom. The van der Waals surface area contributed by atoms with Gasteiger partial charge < -0.3 is 4.90 Å². The van der Waals surface area contributed by atoms with Crippen molar-refractivity contribution < 1.29 is 4.79 Å². The second-order valence-electron chi connectivity index (χ2n) is 3.93. The molecule has 1 atom stereocenters. The van der Waals surface area contributed by atoms with Crippen LogP contribution in [0.25, 0.3) is 0 Å². The summed E-state index contributed by atoms with van der Waals surface area (Å²) in [7, 11) is 0. The van der Waals surface area contributed by atoms with E-state index in [4.69, 9.17) is 0 Å². The molecule has 1 aromatic rings. The zero-order valence-corrected chi connectivity index (χ0v) is 11.7. The Balaban J connectivity index is 1.60. The topological polar surface area (TPSA) is 46.1 Å². The molecule has 0 aliphatic carbocycles. The van der Waals surface area contributed by atoms with Gasteiger partial charge in [-0.1, -0.05) is 23.1 Å². The van der Waals surface area contributed by atoms with Crippen LogP contribution in [-0.4, -0.2) is 37.9 Å². The van der Waals surface area contributed by atoms with Crippen LogP contribution in [0.3, 0.4) is 0 Å². The van der Waals surface area contributed by atoms with Gasteiger partial charge in [0.25, 0.3) is 0 Å². The van der Waals surface area contributed by atoms with Gasteiger partial charge in [0.1, 0.15) is 5.01 Å². The van der Waals surface area contributed by atoms with Crippen molar-refractivity contribution in [1.82, 2.24) is 15.1 Å². The summed E-state index contributed by atoms with van der Waals surface area (Å²) in [4.78, 5) is 13.2. The lowest BCUT2D eigenvalue weighted by Crippen LogP contribution is -2.49. The Morgan fingerprint density at radius 2 is 2.47 bits per heavy atom.